The van der Waals surface area contributed by atoms with Crippen molar-refractivity contribution < 1.29 is 9.59 Å². The number of urea groups is 1. The molecule has 7 nitrogen and oxygen atoms in total. The largest absolute Gasteiger partial charge is 0.343 e. The van der Waals surface area contributed by atoms with Gasteiger partial charge in [0, 0.05) is 62.9 Å². The predicted octanol–water partition coefficient (Wildman–Crippen LogP) is 2.87. The quantitative estimate of drug-likeness (QED) is 0.865. The van der Waals surface area contributed by atoms with Gasteiger partial charge in [-0.05, 0) is 31.4 Å². The van der Waals surface area contributed by atoms with E-state index in [9.17, 15) is 9.59 Å². The third-order valence-corrected chi connectivity index (χ3v) is 6.03. The van der Waals surface area contributed by atoms with E-state index in [0.29, 0.717) is 25.9 Å². The summed E-state index contributed by atoms with van der Waals surface area (Å²) in [6.45, 7) is 4.95. The average Bonchev–Trinajstić information content (AvgIpc) is 3.36. The fourth-order valence-corrected chi connectivity index (χ4v) is 4.30. The third-order valence-electron chi connectivity index (χ3n) is 6.03. The van der Waals surface area contributed by atoms with Crippen molar-refractivity contribution >= 4 is 17.6 Å². The summed E-state index contributed by atoms with van der Waals surface area (Å²) in [7, 11) is 1.95. The van der Waals surface area contributed by atoms with Crippen LogP contribution in [0.5, 0.6) is 0 Å². The number of anilines is 1. The van der Waals surface area contributed by atoms with Gasteiger partial charge in [0.1, 0.15) is 0 Å². The summed E-state index contributed by atoms with van der Waals surface area (Å²) >= 11 is 0. The van der Waals surface area contributed by atoms with Crippen LogP contribution in [0.4, 0.5) is 10.5 Å². The number of carbonyl (C=O) groups is 2. The number of hydrogen-bond acceptors (Lipinski definition) is 3. The molecule has 1 fully saturated rings. The fraction of sp³-hybridized carbons (Fsp3) is 0.500. The predicted molar refractivity (Wildman–Crippen MR) is 112 cm³/mol. The first kappa shape index (κ1) is 19.5. The SMILES string of the molecule is Cc1ccccc1NC(=O)N1CCc2c(c(CCC(=O)N3CCCC3)nn2C)C1. The minimum Gasteiger partial charge on any atom is -0.343 e. The normalized spacial score (nSPS) is 16.1. The van der Waals surface area contributed by atoms with Crippen LogP contribution >= 0.6 is 0 Å². The highest BCUT2D eigenvalue weighted by atomic mass is 16.2. The first-order valence-corrected chi connectivity index (χ1v) is 10.5. The van der Waals surface area contributed by atoms with Crippen molar-refractivity contribution in [2.75, 3.05) is 25.0 Å². The highest BCUT2D eigenvalue weighted by molar-refractivity contribution is 5.90. The Bertz CT molecular complexity index is 914. The zero-order valence-electron chi connectivity index (χ0n) is 17.3. The number of likely N-dealkylation sites (tertiary alicyclic amines) is 1. The first-order valence-electron chi connectivity index (χ1n) is 10.5. The molecule has 1 saturated heterocycles. The van der Waals surface area contributed by atoms with Crippen molar-refractivity contribution in [1.82, 2.24) is 19.6 Å². The van der Waals surface area contributed by atoms with E-state index < -0.39 is 0 Å². The lowest BCUT2D eigenvalue weighted by Gasteiger charge is -2.28. The Kier molecular flexibility index (Phi) is 5.56. The molecule has 1 aromatic carbocycles. The maximum absolute atomic E-state index is 12.8. The van der Waals surface area contributed by atoms with Gasteiger partial charge < -0.3 is 15.1 Å². The number of aryl methyl sites for hydroxylation is 3. The van der Waals surface area contributed by atoms with Crippen molar-refractivity contribution in [3.63, 3.8) is 0 Å². The Morgan fingerprint density at radius 3 is 2.62 bits per heavy atom. The zero-order valence-corrected chi connectivity index (χ0v) is 17.3. The van der Waals surface area contributed by atoms with Gasteiger partial charge in [0.15, 0.2) is 0 Å². The zero-order chi connectivity index (χ0) is 20.4. The number of nitrogens with one attached hydrogen (secondary N) is 1. The monoisotopic (exact) mass is 395 g/mol. The second kappa shape index (κ2) is 8.27. The van der Waals surface area contributed by atoms with Crippen LogP contribution in [-0.2, 0) is 31.2 Å². The maximum Gasteiger partial charge on any atom is 0.322 e. The molecule has 0 spiro atoms. The number of rotatable bonds is 4. The molecular weight excluding hydrogens is 366 g/mol. The molecule has 29 heavy (non-hydrogen) atoms. The summed E-state index contributed by atoms with van der Waals surface area (Å²) in [6, 6.07) is 7.70. The number of benzene rings is 1. The van der Waals surface area contributed by atoms with Crippen LogP contribution in [0.25, 0.3) is 0 Å². The number of amides is 3. The molecular formula is C22H29N5O2. The number of nitrogens with zero attached hydrogens (tertiary/aromatic N) is 4. The van der Waals surface area contributed by atoms with Gasteiger partial charge in [-0.15, -0.1) is 0 Å². The van der Waals surface area contributed by atoms with Gasteiger partial charge in [-0.2, -0.15) is 5.10 Å². The smallest absolute Gasteiger partial charge is 0.322 e. The molecule has 154 valence electrons. The number of aromatic nitrogens is 2. The maximum atomic E-state index is 12.8. The van der Waals surface area contributed by atoms with E-state index in [-0.39, 0.29) is 11.9 Å². The number of fused-ring (bicyclic) bond motifs is 1. The van der Waals surface area contributed by atoms with Crippen LogP contribution in [0.2, 0.25) is 0 Å². The molecule has 1 aromatic heterocycles. The van der Waals surface area contributed by atoms with Crippen molar-refractivity contribution in [2.45, 2.75) is 45.6 Å². The van der Waals surface area contributed by atoms with Crippen LogP contribution in [0.1, 0.15) is 41.8 Å². The van der Waals surface area contributed by atoms with Crippen LogP contribution in [0, 0.1) is 6.92 Å². The first-order chi connectivity index (χ1) is 14.0. The average molecular weight is 396 g/mol. The lowest BCUT2D eigenvalue weighted by molar-refractivity contribution is -0.130. The Balaban J connectivity index is 1.43. The molecule has 1 N–H and O–H groups in total. The van der Waals surface area contributed by atoms with E-state index in [2.05, 4.69) is 10.4 Å². The van der Waals surface area contributed by atoms with Gasteiger partial charge in [-0.25, -0.2) is 4.79 Å². The van der Waals surface area contributed by atoms with E-state index in [0.717, 1.165) is 54.9 Å². The van der Waals surface area contributed by atoms with Crippen LogP contribution in [0.15, 0.2) is 24.3 Å². The van der Waals surface area contributed by atoms with E-state index in [1.54, 1.807) is 0 Å². The fourth-order valence-electron chi connectivity index (χ4n) is 4.30. The van der Waals surface area contributed by atoms with Gasteiger partial charge in [0.05, 0.1) is 12.2 Å². The summed E-state index contributed by atoms with van der Waals surface area (Å²) in [5.74, 6) is 0.215. The summed E-state index contributed by atoms with van der Waals surface area (Å²) in [4.78, 5) is 29.0. The third kappa shape index (κ3) is 4.13. The van der Waals surface area contributed by atoms with Crippen molar-refractivity contribution in [2.24, 2.45) is 7.05 Å². The number of para-hydroxylation sites is 1. The van der Waals surface area contributed by atoms with Crippen LogP contribution in [0.3, 0.4) is 0 Å². The molecule has 0 aliphatic carbocycles. The van der Waals surface area contributed by atoms with Gasteiger partial charge >= 0.3 is 6.03 Å². The van der Waals surface area contributed by atoms with Gasteiger partial charge in [0.2, 0.25) is 5.91 Å². The van der Waals surface area contributed by atoms with Gasteiger partial charge in [0.25, 0.3) is 0 Å². The molecule has 0 bridgehead atoms. The lowest BCUT2D eigenvalue weighted by atomic mass is 10.0. The molecule has 4 rings (SSSR count). The minimum absolute atomic E-state index is 0.0899. The molecule has 0 saturated carbocycles. The lowest BCUT2D eigenvalue weighted by Crippen LogP contribution is -2.39. The van der Waals surface area contributed by atoms with E-state index >= 15 is 0 Å². The van der Waals surface area contributed by atoms with Crippen molar-refractivity contribution in [1.29, 1.82) is 0 Å². The van der Waals surface area contributed by atoms with Crippen molar-refractivity contribution in [3.05, 3.63) is 46.8 Å². The second-order valence-electron chi connectivity index (χ2n) is 8.00. The summed E-state index contributed by atoms with van der Waals surface area (Å²) in [5, 5.41) is 7.69. The Morgan fingerprint density at radius 1 is 1.10 bits per heavy atom. The Hall–Kier alpha value is -2.83. The summed E-state index contributed by atoms with van der Waals surface area (Å²) < 4.78 is 1.92. The standard InChI is InChI=1S/C22H29N5O2/c1-16-7-3-4-8-18(16)23-22(29)27-14-11-20-17(15-27)19(24-25(20)2)9-10-21(28)26-12-5-6-13-26/h3-4,7-8H,5-6,9-15H2,1-2H3,(H,23,29). The Morgan fingerprint density at radius 2 is 1.86 bits per heavy atom. The highest BCUT2D eigenvalue weighted by Gasteiger charge is 2.27. The molecule has 3 amide bonds. The molecule has 2 aromatic rings. The number of carbonyl (C=O) groups excluding carboxylic acids is 2. The van der Waals surface area contributed by atoms with Crippen LogP contribution in [-0.4, -0.2) is 51.2 Å². The summed E-state index contributed by atoms with van der Waals surface area (Å²) in [5.41, 5.74) is 5.11. The van der Waals surface area contributed by atoms with Crippen molar-refractivity contribution in [3.8, 4) is 0 Å². The van der Waals surface area contributed by atoms with Gasteiger partial charge in [-0.1, -0.05) is 18.2 Å². The summed E-state index contributed by atoms with van der Waals surface area (Å²) in [6.07, 6.45) is 4.11. The van der Waals surface area contributed by atoms with Crippen LogP contribution < -0.4 is 5.32 Å². The molecule has 3 heterocycles. The second-order valence-corrected chi connectivity index (χ2v) is 8.00. The number of hydrogen-bond donors (Lipinski definition) is 1. The highest BCUT2D eigenvalue weighted by Crippen LogP contribution is 2.24. The molecule has 0 atom stereocenters. The minimum atomic E-state index is -0.0899. The molecule has 0 unspecified atom stereocenters. The van der Waals surface area contributed by atoms with E-state index in [1.807, 2.05) is 52.7 Å². The van der Waals surface area contributed by atoms with E-state index in [4.69, 9.17) is 0 Å². The Labute approximate surface area is 171 Å². The van der Waals surface area contributed by atoms with Gasteiger partial charge in [-0.3, -0.25) is 9.48 Å². The molecule has 2 aliphatic heterocycles. The molecule has 7 heteroatoms. The molecule has 0 radical (unpaired) electrons. The molecule has 2 aliphatic rings. The van der Waals surface area contributed by atoms with E-state index in [1.165, 1.54) is 5.69 Å². The topological polar surface area (TPSA) is 70.5 Å².